The molecule has 2 aliphatic heterocycles. The first kappa shape index (κ1) is 31.8. The van der Waals surface area contributed by atoms with Crippen molar-refractivity contribution in [2.45, 2.75) is 37.1 Å². The summed E-state index contributed by atoms with van der Waals surface area (Å²) < 4.78 is 30.8. The topological polar surface area (TPSA) is 116 Å². The fourth-order valence-electron chi connectivity index (χ4n) is 3.08. The third kappa shape index (κ3) is 8.84. The Balaban J connectivity index is 0.00000118. The molecular weight excluding hydrogens is 553 g/mol. The maximum absolute atomic E-state index is 12.9. The fraction of sp³-hybridized carbons (Fsp3) is 0.565. The van der Waals surface area contributed by atoms with Crippen LogP contribution in [0.25, 0.3) is 0 Å². The maximum Gasteiger partial charge on any atom is 0.288 e. The molecule has 1 atom stereocenters. The van der Waals surface area contributed by atoms with E-state index in [1.807, 2.05) is 43.9 Å². The third-order valence-corrected chi connectivity index (χ3v) is 7.84. The molecule has 0 radical (unpaired) electrons. The van der Waals surface area contributed by atoms with Crippen LogP contribution in [0.4, 0.5) is 14.5 Å². The highest BCUT2D eigenvalue weighted by Gasteiger charge is 2.25. The zero-order valence-corrected chi connectivity index (χ0v) is 24.5. The molecule has 0 aromatic carbocycles. The molecule has 0 spiro atoms. The zero-order valence-electron chi connectivity index (χ0n) is 22.1. The molecule has 1 unspecified atom stereocenters. The van der Waals surface area contributed by atoms with E-state index < -0.39 is 12.0 Å². The lowest BCUT2D eigenvalue weighted by Crippen LogP contribution is -2.46. The van der Waals surface area contributed by atoms with Gasteiger partial charge < -0.3 is 14.7 Å². The standard InChI is InChI=1S/C20H24F2N8OS3.C3H9N/c1-3-20(2,11-23)27-34-13-8-15(29-6-4-28(12-31)5-7-29)19(32)30(9-13)17(24)14-10-33-18(16(21)22)26-25-14;1-4(2)3/h8-9,12,16,24,27H,3-7,10H2,1-2H3;1-3H3. The Labute approximate surface area is 235 Å². The number of hydrogen-bond acceptors (Lipinski definition) is 11. The monoisotopic (exact) mass is 585 g/mol. The van der Waals surface area contributed by atoms with Gasteiger partial charge in [0.05, 0.1) is 11.8 Å². The molecule has 1 amide bonds. The SMILES string of the molecule is CCC(C)(C#N)NSc1cc(N2CCN(C=O)CC2)c(=S)n(C(=N)C2=NN=C(C(F)F)SC2)c1.CN(C)C. The van der Waals surface area contributed by atoms with Crippen LogP contribution in [-0.2, 0) is 4.79 Å². The molecule has 2 N–H and O–H groups in total. The van der Waals surface area contributed by atoms with Gasteiger partial charge in [-0.05, 0) is 52.5 Å². The van der Waals surface area contributed by atoms with E-state index in [4.69, 9.17) is 17.6 Å². The van der Waals surface area contributed by atoms with Crippen molar-refractivity contribution in [2.75, 3.05) is 58.0 Å². The number of nitrogens with one attached hydrogen (secondary N) is 2. The third-order valence-electron chi connectivity index (χ3n) is 5.45. The van der Waals surface area contributed by atoms with Crippen molar-refractivity contribution in [1.29, 1.82) is 10.7 Å². The highest BCUT2D eigenvalue weighted by molar-refractivity contribution is 8.14. The molecule has 38 heavy (non-hydrogen) atoms. The van der Waals surface area contributed by atoms with Crippen LogP contribution >= 0.6 is 35.9 Å². The van der Waals surface area contributed by atoms with Gasteiger partial charge in [0.15, 0.2) is 10.9 Å². The van der Waals surface area contributed by atoms with E-state index in [0.29, 0.717) is 47.8 Å². The van der Waals surface area contributed by atoms with Gasteiger partial charge in [-0.25, -0.2) is 13.5 Å². The Bertz CT molecular complexity index is 1160. The van der Waals surface area contributed by atoms with Gasteiger partial charge >= 0.3 is 0 Å². The normalized spacial score (nSPS) is 17.2. The van der Waals surface area contributed by atoms with E-state index in [2.05, 4.69) is 21.0 Å². The van der Waals surface area contributed by atoms with Gasteiger partial charge in [0.25, 0.3) is 6.43 Å². The smallest absolute Gasteiger partial charge is 0.288 e. The van der Waals surface area contributed by atoms with Gasteiger partial charge in [-0.15, -0.1) is 10.2 Å². The highest BCUT2D eigenvalue weighted by Crippen LogP contribution is 2.28. The number of hydrogen-bond donors (Lipinski definition) is 2. The number of anilines is 1. The van der Waals surface area contributed by atoms with Crippen LogP contribution in [0.1, 0.15) is 20.3 Å². The first-order valence-electron chi connectivity index (χ1n) is 11.8. The van der Waals surface area contributed by atoms with E-state index in [1.165, 1.54) is 16.5 Å². The molecule has 1 fully saturated rings. The van der Waals surface area contributed by atoms with Crippen molar-refractivity contribution in [3.05, 3.63) is 16.9 Å². The van der Waals surface area contributed by atoms with Gasteiger partial charge in [-0.1, -0.05) is 30.9 Å². The Hall–Kier alpha value is -2.38. The number of carbonyl (C=O) groups is 1. The van der Waals surface area contributed by atoms with Crippen LogP contribution in [0.15, 0.2) is 27.4 Å². The van der Waals surface area contributed by atoms with Crippen molar-refractivity contribution in [2.24, 2.45) is 10.2 Å². The summed E-state index contributed by atoms with van der Waals surface area (Å²) in [7, 11) is 6.00. The average Bonchev–Trinajstić information content (AvgIpc) is 2.91. The Morgan fingerprint density at radius 1 is 1.37 bits per heavy atom. The predicted octanol–water partition coefficient (Wildman–Crippen LogP) is 3.55. The predicted molar refractivity (Wildman–Crippen MR) is 154 cm³/mol. The van der Waals surface area contributed by atoms with Crippen molar-refractivity contribution in [3.63, 3.8) is 0 Å². The fourth-order valence-corrected chi connectivity index (χ4v) is 4.97. The Kier molecular flexibility index (Phi) is 12.3. The molecule has 1 aromatic heterocycles. The summed E-state index contributed by atoms with van der Waals surface area (Å²) in [6.45, 7) is 5.93. The van der Waals surface area contributed by atoms with Crippen LogP contribution < -0.4 is 9.62 Å². The molecule has 0 saturated carbocycles. The number of rotatable bonds is 8. The van der Waals surface area contributed by atoms with Crippen LogP contribution in [0.2, 0.25) is 0 Å². The summed E-state index contributed by atoms with van der Waals surface area (Å²) >= 11 is 7.80. The van der Waals surface area contributed by atoms with Crippen molar-refractivity contribution in [1.82, 2.24) is 19.1 Å². The lowest BCUT2D eigenvalue weighted by atomic mass is 10.0. The molecule has 1 saturated heterocycles. The zero-order chi connectivity index (χ0) is 28.5. The molecule has 10 nitrogen and oxygen atoms in total. The molecule has 2 aliphatic rings. The molecule has 3 rings (SSSR count). The minimum Gasteiger partial charge on any atom is -0.366 e. The minimum absolute atomic E-state index is 0.0525. The number of aromatic nitrogens is 1. The number of nitriles is 1. The first-order valence-corrected chi connectivity index (χ1v) is 14.0. The number of amides is 1. The largest absolute Gasteiger partial charge is 0.366 e. The van der Waals surface area contributed by atoms with Crippen LogP contribution in [-0.4, -0.2) is 102 Å². The summed E-state index contributed by atoms with van der Waals surface area (Å²) in [5.41, 5.74) is 0.177. The number of pyridine rings is 1. The van der Waals surface area contributed by atoms with E-state index in [0.717, 1.165) is 18.2 Å². The molecule has 1 aromatic rings. The van der Waals surface area contributed by atoms with Gasteiger partial charge in [0.1, 0.15) is 15.9 Å². The summed E-state index contributed by atoms with van der Waals surface area (Å²) in [5, 5.41) is 25.2. The minimum atomic E-state index is -2.71. The summed E-state index contributed by atoms with van der Waals surface area (Å²) in [6, 6.07) is 4.14. The van der Waals surface area contributed by atoms with Crippen LogP contribution in [0, 0.1) is 21.4 Å². The number of piperazine rings is 1. The number of thioether (sulfide) groups is 1. The van der Waals surface area contributed by atoms with Crippen molar-refractivity contribution < 1.29 is 13.6 Å². The average molecular weight is 586 g/mol. The maximum atomic E-state index is 12.9. The van der Waals surface area contributed by atoms with E-state index >= 15 is 0 Å². The Morgan fingerprint density at radius 2 is 2.00 bits per heavy atom. The lowest BCUT2D eigenvalue weighted by molar-refractivity contribution is -0.118. The highest BCUT2D eigenvalue weighted by atomic mass is 32.2. The second-order valence-electron chi connectivity index (χ2n) is 9.13. The van der Waals surface area contributed by atoms with E-state index in [1.54, 1.807) is 18.0 Å². The number of nitrogens with zero attached hydrogens (tertiary/aromatic N) is 7. The van der Waals surface area contributed by atoms with E-state index in [-0.39, 0.29) is 22.3 Å². The second kappa shape index (κ2) is 14.7. The van der Waals surface area contributed by atoms with Gasteiger partial charge in [-0.2, -0.15) is 5.26 Å². The number of alkyl halides is 2. The molecule has 0 aliphatic carbocycles. The van der Waals surface area contributed by atoms with Crippen LogP contribution in [0.5, 0.6) is 0 Å². The summed E-state index contributed by atoms with van der Waals surface area (Å²) in [5.74, 6) is 0.0260. The quantitative estimate of drug-likeness (QED) is 0.157. The van der Waals surface area contributed by atoms with Crippen LogP contribution in [0.3, 0.4) is 0 Å². The number of carbonyl (C=O) groups excluding carboxylic acids is 1. The van der Waals surface area contributed by atoms with Gasteiger partial charge in [0.2, 0.25) is 6.41 Å². The van der Waals surface area contributed by atoms with Crippen molar-refractivity contribution in [3.8, 4) is 6.07 Å². The molecule has 208 valence electrons. The summed E-state index contributed by atoms with van der Waals surface area (Å²) in [6.07, 6.45) is 0.367. The molecule has 3 heterocycles. The van der Waals surface area contributed by atoms with Gasteiger partial charge in [-0.3, -0.25) is 14.8 Å². The summed E-state index contributed by atoms with van der Waals surface area (Å²) in [4.78, 5) is 17.5. The van der Waals surface area contributed by atoms with E-state index in [9.17, 15) is 18.8 Å². The van der Waals surface area contributed by atoms with Gasteiger partial charge in [0, 0.05) is 43.0 Å². The second-order valence-corrected chi connectivity index (χ2v) is 11.4. The first-order chi connectivity index (χ1) is 17.9. The molecule has 15 heteroatoms. The molecular formula is C23H33F2N9OS3. The molecule has 0 bridgehead atoms. The number of halogens is 2. The van der Waals surface area contributed by atoms with Crippen molar-refractivity contribution >= 4 is 64.6 Å². The Morgan fingerprint density at radius 3 is 2.47 bits per heavy atom. The lowest BCUT2D eigenvalue weighted by Gasteiger charge is -2.34.